The molecule has 0 saturated heterocycles. The van der Waals surface area contributed by atoms with Gasteiger partial charge in [0, 0.05) is 23.5 Å². The van der Waals surface area contributed by atoms with E-state index in [1.54, 1.807) is 0 Å². The molecule has 0 radical (unpaired) electrons. The highest BCUT2D eigenvalue weighted by atomic mass is 19.4. The van der Waals surface area contributed by atoms with Crippen molar-refractivity contribution >= 4 is 11.4 Å². The van der Waals surface area contributed by atoms with Gasteiger partial charge in [0.05, 0.1) is 11.1 Å². The Balaban J connectivity index is 2.21. The van der Waals surface area contributed by atoms with E-state index in [4.69, 9.17) is 11.5 Å². The largest absolute Gasteiger partial charge is 0.457 e. The number of halogens is 15. The Morgan fingerprint density at radius 1 is 0.405 bits per heavy atom. The Morgan fingerprint density at radius 2 is 0.786 bits per heavy atom. The fourth-order valence-corrected chi connectivity index (χ4v) is 3.60. The molecule has 3 aromatic rings. The van der Waals surface area contributed by atoms with Gasteiger partial charge < -0.3 is 20.9 Å². The molecule has 0 aliphatic carbocycles. The summed E-state index contributed by atoms with van der Waals surface area (Å²) < 4.78 is 211. The van der Waals surface area contributed by atoms with E-state index in [2.05, 4.69) is 9.47 Å². The molecule has 0 fully saturated rings. The van der Waals surface area contributed by atoms with Crippen molar-refractivity contribution < 1.29 is 75.3 Å². The summed E-state index contributed by atoms with van der Waals surface area (Å²) in [5.74, 6) is -6.35. The van der Waals surface area contributed by atoms with Gasteiger partial charge in [0.15, 0.2) is 0 Å². The van der Waals surface area contributed by atoms with E-state index in [9.17, 15) is 65.9 Å². The smallest absolute Gasteiger partial charge is 0.420 e. The Morgan fingerprint density at radius 3 is 1.14 bits per heavy atom. The molecule has 0 spiro atoms. The molecule has 4 N–H and O–H groups in total. The third kappa shape index (κ3) is 6.99. The molecule has 0 aromatic heterocycles. The van der Waals surface area contributed by atoms with Crippen LogP contribution in [0.1, 0.15) is 27.8 Å². The van der Waals surface area contributed by atoms with Crippen molar-refractivity contribution in [3.05, 3.63) is 70.3 Å². The second kappa shape index (κ2) is 10.3. The zero-order valence-corrected chi connectivity index (χ0v) is 19.7. The maximum atomic E-state index is 13.8. The van der Waals surface area contributed by atoms with Gasteiger partial charge in [-0.3, -0.25) is 0 Å². The molecular formula is C23H11F15N2O2. The lowest BCUT2D eigenvalue weighted by molar-refractivity contribution is -0.162. The molecule has 0 aliphatic rings. The summed E-state index contributed by atoms with van der Waals surface area (Å²) >= 11 is 0. The quantitative estimate of drug-likeness (QED) is 0.222. The lowest BCUT2D eigenvalue weighted by atomic mass is 10.0. The van der Waals surface area contributed by atoms with Crippen molar-refractivity contribution in [2.75, 3.05) is 11.5 Å². The molecule has 42 heavy (non-hydrogen) atoms. The molecular weight excluding hydrogens is 621 g/mol. The third-order valence-corrected chi connectivity index (χ3v) is 5.13. The van der Waals surface area contributed by atoms with Crippen LogP contribution in [0.4, 0.5) is 77.2 Å². The molecule has 230 valence electrons. The van der Waals surface area contributed by atoms with Crippen molar-refractivity contribution in [3.63, 3.8) is 0 Å². The Bertz CT molecular complexity index is 1480. The van der Waals surface area contributed by atoms with Crippen molar-refractivity contribution in [2.45, 2.75) is 30.9 Å². The number of rotatable bonds is 4. The van der Waals surface area contributed by atoms with Gasteiger partial charge in [-0.2, -0.15) is 65.9 Å². The highest BCUT2D eigenvalue weighted by molar-refractivity contribution is 5.59. The van der Waals surface area contributed by atoms with Crippen LogP contribution in [-0.4, -0.2) is 0 Å². The molecule has 0 saturated carbocycles. The second-order valence-electron chi connectivity index (χ2n) is 8.23. The van der Waals surface area contributed by atoms with Crippen molar-refractivity contribution in [1.29, 1.82) is 0 Å². The molecule has 3 rings (SSSR count). The standard InChI is InChI=1S/C23H11F15N2O2/c24-19(25,26)11-7-10(41-15-5-8(39)3-12(20(27,28)29)17(15)22(33,34)35)1-2-14(11)42-16-6-9(40)4-13(21(30,31)32)18(16)23(36,37)38/h1-7H,39-40H2. The number of ether oxygens (including phenoxy) is 2. The monoisotopic (exact) mass is 632 g/mol. The van der Waals surface area contributed by atoms with Gasteiger partial charge in [0.2, 0.25) is 0 Å². The van der Waals surface area contributed by atoms with E-state index in [0.717, 1.165) is 0 Å². The normalized spacial score (nSPS) is 13.3. The van der Waals surface area contributed by atoms with Gasteiger partial charge in [0.25, 0.3) is 0 Å². The van der Waals surface area contributed by atoms with E-state index >= 15 is 0 Å². The van der Waals surface area contributed by atoms with Crippen LogP contribution in [0.25, 0.3) is 0 Å². The first-order valence-electron chi connectivity index (χ1n) is 10.5. The summed E-state index contributed by atoms with van der Waals surface area (Å²) in [5, 5.41) is 0. The van der Waals surface area contributed by atoms with Gasteiger partial charge in [-0.25, -0.2) is 0 Å². The molecule has 0 bridgehead atoms. The molecule has 4 nitrogen and oxygen atoms in total. The second-order valence-corrected chi connectivity index (χ2v) is 8.23. The number of hydrogen-bond donors (Lipinski definition) is 2. The minimum atomic E-state index is -5.84. The molecule has 0 heterocycles. The number of hydrogen-bond acceptors (Lipinski definition) is 4. The van der Waals surface area contributed by atoms with Crippen molar-refractivity contribution in [1.82, 2.24) is 0 Å². The van der Waals surface area contributed by atoms with E-state index < -0.39 is 93.1 Å². The minimum absolute atomic E-state index is 0.104. The fraction of sp³-hybridized carbons (Fsp3) is 0.217. The van der Waals surface area contributed by atoms with Gasteiger partial charge in [-0.15, -0.1) is 0 Å². The van der Waals surface area contributed by atoms with Gasteiger partial charge in [-0.1, -0.05) is 0 Å². The molecule has 0 unspecified atom stereocenters. The first-order chi connectivity index (χ1) is 18.8. The lowest BCUT2D eigenvalue weighted by Gasteiger charge is -2.22. The number of anilines is 2. The molecule has 0 amide bonds. The SMILES string of the molecule is Nc1cc(Oc2ccc(Oc3cc(N)cc(C(F)(F)F)c3C(F)(F)F)c(C(F)(F)F)c2)c(C(F)(F)F)c(C(F)(F)F)c1. The van der Waals surface area contributed by atoms with Crippen LogP contribution in [0.15, 0.2) is 42.5 Å². The first kappa shape index (κ1) is 32.3. The number of alkyl halides is 15. The predicted octanol–water partition coefficient (Wildman–Crippen LogP) is 9.53. The summed E-state index contributed by atoms with van der Waals surface area (Å²) in [5.41, 5.74) is -3.41. The molecule has 19 heteroatoms. The van der Waals surface area contributed by atoms with Crippen molar-refractivity contribution in [3.8, 4) is 23.0 Å². The molecule has 0 aliphatic heterocycles. The summed E-state index contributed by atoms with van der Waals surface area (Å²) in [6, 6.07) is 0.435. The minimum Gasteiger partial charge on any atom is -0.457 e. The van der Waals surface area contributed by atoms with E-state index in [1.165, 1.54) is 0 Å². The van der Waals surface area contributed by atoms with Crippen LogP contribution in [0.2, 0.25) is 0 Å². The van der Waals surface area contributed by atoms with Crippen LogP contribution >= 0.6 is 0 Å². The van der Waals surface area contributed by atoms with Crippen molar-refractivity contribution in [2.24, 2.45) is 0 Å². The van der Waals surface area contributed by atoms with E-state index in [1.807, 2.05) is 0 Å². The summed E-state index contributed by atoms with van der Waals surface area (Å²) in [4.78, 5) is 0. The number of benzene rings is 3. The molecule has 0 atom stereocenters. The number of nitrogens with two attached hydrogens (primary N) is 2. The predicted molar refractivity (Wildman–Crippen MR) is 113 cm³/mol. The Kier molecular flexibility index (Phi) is 7.90. The average Bonchev–Trinajstić information content (AvgIpc) is 2.75. The summed E-state index contributed by atoms with van der Waals surface area (Å²) in [6.45, 7) is 0. The zero-order valence-electron chi connectivity index (χ0n) is 19.7. The third-order valence-electron chi connectivity index (χ3n) is 5.13. The fourth-order valence-electron chi connectivity index (χ4n) is 3.60. The zero-order chi connectivity index (χ0) is 32.2. The number of nitrogen functional groups attached to an aromatic ring is 2. The summed E-state index contributed by atoms with van der Waals surface area (Å²) in [7, 11) is 0. The van der Waals surface area contributed by atoms with Gasteiger partial charge in [0.1, 0.15) is 39.7 Å². The van der Waals surface area contributed by atoms with Crippen LogP contribution in [0.3, 0.4) is 0 Å². The summed E-state index contributed by atoms with van der Waals surface area (Å²) in [6.07, 6.45) is -28.6. The van der Waals surface area contributed by atoms with Crippen LogP contribution in [0.5, 0.6) is 23.0 Å². The van der Waals surface area contributed by atoms with Crippen LogP contribution in [0, 0.1) is 0 Å². The van der Waals surface area contributed by atoms with Gasteiger partial charge in [-0.05, 0) is 30.3 Å². The lowest BCUT2D eigenvalue weighted by Crippen LogP contribution is -2.19. The first-order valence-corrected chi connectivity index (χ1v) is 10.5. The Hall–Kier alpha value is -4.19. The van der Waals surface area contributed by atoms with Crippen LogP contribution < -0.4 is 20.9 Å². The highest BCUT2D eigenvalue weighted by Gasteiger charge is 2.48. The van der Waals surface area contributed by atoms with E-state index in [-0.39, 0.29) is 36.4 Å². The topological polar surface area (TPSA) is 70.5 Å². The van der Waals surface area contributed by atoms with Crippen LogP contribution in [-0.2, 0) is 30.9 Å². The van der Waals surface area contributed by atoms with Gasteiger partial charge >= 0.3 is 30.9 Å². The van der Waals surface area contributed by atoms with E-state index in [0.29, 0.717) is 6.07 Å². The average molecular weight is 632 g/mol. The Labute approximate surface area is 223 Å². The maximum Gasteiger partial charge on any atom is 0.420 e. The molecule has 3 aromatic carbocycles. The highest BCUT2D eigenvalue weighted by Crippen LogP contribution is 2.50. The maximum absolute atomic E-state index is 13.8.